The standard InChI is InChI=1S/C16H19BClNO3/c1-15(2)16(3,4)22-17(21-15)13-6-12(11-8-20-9-11)14(18)5-10(13)7-19/h5-6,11H,8-9H2,1-4H3. The summed E-state index contributed by atoms with van der Waals surface area (Å²) >= 11 is 6.32. The van der Waals surface area contributed by atoms with Crippen LogP contribution in [0.5, 0.6) is 0 Å². The van der Waals surface area contributed by atoms with E-state index in [-0.39, 0.29) is 5.92 Å². The van der Waals surface area contributed by atoms with E-state index in [9.17, 15) is 5.26 Å². The first-order valence-corrected chi connectivity index (χ1v) is 7.80. The highest BCUT2D eigenvalue weighted by atomic mass is 35.5. The summed E-state index contributed by atoms with van der Waals surface area (Å²) in [5, 5.41) is 10.0. The summed E-state index contributed by atoms with van der Waals surface area (Å²) in [6, 6.07) is 5.84. The summed E-state index contributed by atoms with van der Waals surface area (Å²) in [7, 11) is -0.559. The minimum Gasteiger partial charge on any atom is -0.399 e. The summed E-state index contributed by atoms with van der Waals surface area (Å²) in [4.78, 5) is 0. The lowest BCUT2D eigenvalue weighted by molar-refractivity contribution is 0.00578. The van der Waals surface area contributed by atoms with E-state index >= 15 is 0 Å². The van der Waals surface area contributed by atoms with Gasteiger partial charge in [-0.25, -0.2) is 0 Å². The molecule has 2 heterocycles. The van der Waals surface area contributed by atoms with E-state index in [0.29, 0.717) is 23.8 Å². The van der Waals surface area contributed by atoms with Crippen LogP contribution in [0.1, 0.15) is 44.7 Å². The average molecular weight is 320 g/mol. The minimum atomic E-state index is -0.559. The Hall–Kier alpha value is -1.06. The van der Waals surface area contributed by atoms with E-state index in [1.165, 1.54) is 0 Å². The first-order chi connectivity index (χ1) is 10.2. The van der Waals surface area contributed by atoms with Gasteiger partial charge in [-0.15, -0.1) is 0 Å². The highest BCUT2D eigenvalue weighted by molar-refractivity contribution is 6.63. The van der Waals surface area contributed by atoms with Gasteiger partial charge in [0, 0.05) is 16.4 Å². The minimum absolute atomic E-state index is 0.279. The predicted octanol–water partition coefficient (Wildman–Crippen LogP) is 2.62. The van der Waals surface area contributed by atoms with Gasteiger partial charge in [-0.1, -0.05) is 17.7 Å². The van der Waals surface area contributed by atoms with Crippen LogP contribution in [0.4, 0.5) is 0 Å². The number of hydrogen-bond donors (Lipinski definition) is 0. The zero-order valence-electron chi connectivity index (χ0n) is 13.3. The fourth-order valence-corrected chi connectivity index (χ4v) is 2.92. The van der Waals surface area contributed by atoms with Crippen molar-refractivity contribution in [3.63, 3.8) is 0 Å². The molecule has 0 aromatic heterocycles. The van der Waals surface area contributed by atoms with Crippen LogP contribution < -0.4 is 5.46 Å². The maximum atomic E-state index is 9.42. The molecule has 0 aliphatic carbocycles. The molecule has 0 atom stereocenters. The predicted molar refractivity (Wildman–Crippen MR) is 85.4 cm³/mol. The lowest BCUT2D eigenvalue weighted by Gasteiger charge is -2.32. The maximum absolute atomic E-state index is 9.42. The van der Waals surface area contributed by atoms with Crippen molar-refractivity contribution in [1.82, 2.24) is 0 Å². The topological polar surface area (TPSA) is 51.5 Å². The lowest BCUT2D eigenvalue weighted by atomic mass is 9.74. The molecular formula is C16H19BClNO3. The van der Waals surface area contributed by atoms with Gasteiger partial charge in [0.05, 0.1) is 36.0 Å². The Morgan fingerprint density at radius 3 is 2.23 bits per heavy atom. The molecule has 1 aromatic carbocycles. The van der Waals surface area contributed by atoms with Crippen molar-refractivity contribution in [3.8, 4) is 6.07 Å². The number of rotatable bonds is 2. The Morgan fingerprint density at radius 2 is 1.77 bits per heavy atom. The van der Waals surface area contributed by atoms with Gasteiger partial charge in [0.2, 0.25) is 0 Å². The molecule has 6 heteroatoms. The third-order valence-corrected chi connectivity index (χ3v) is 5.20. The number of ether oxygens (including phenoxy) is 1. The summed E-state index contributed by atoms with van der Waals surface area (Å²) < 4.78 is 17.4. The van der Waals surface area contributed by atoms with Crippen LogP contribution in [0, 0.1) is 11.3 Å². The van der Waals surface area contributed by atoms with Crippen LogP contribution >= 0.6 is 11.6 Å². The third-order valence-electron chi connectivity index (χ3n) is 4.87. The zero-order valence-corrected chi connectivity index (χ0v) is 14.0. The van der Waals surface area contributed by atoms with Crippen molar-refractivity contribution in [2.75, 3.05) is 13.2 Å². The fourth-order valence-electron chi connectivity index (χ4n) is 2.60. The normalized spacial score (nSPS) is 23.2. The van der Waals surface area contributed by atoms with Gasteiger partial charge in [-0.2, -0.15) is 5.26 Å². The van der Waals surface area contributed by atoms with Gasteiger partial charge in [0.25, 0.3) is 0 Å². The molecule has 0 amide bonds. The largest absolute Gasteiger partial charge is 0.496 e. The number of hydrogen-bond acceptors (Lipinski definition) is 4. The number of nitriles is 1. The molecule has 3 rings (SSSR count). The quantitative estimate of drug-likeness (QED) is 0.786. The second-order valence-electron chi connectivity index (χ2n) is 6.90. The van der Waals surface area contributed by atoms with Crippen molar-refractivity contribution in [2.24, 2.45) is 0 Å². The Kier molecular flexibility index (Phi) is 3.77. The molecule has 0 radical (unpaired) electrons. The van der Waals surface area contributed by atoms with E-state index in [0.717, 1.165) is 11.0 Å². The van der Waals surface area contributed by atoms with Crippen molar-refractivity contribution in [3.05, 3.63) is 28.3 Å². The number of halogens is 1. The van der Waals surface area contributed by atoms with Crippen molar-refractivity contribution < 1.29 is 14.0 Å². The van der Waals surface area contributed by atoms with Crippen LogP contribution in [-0.2, 0) is 14.0 Å². The Balaban J connectivity index is 2.01. The van der Waals surface area contributed by atoms with Crippen LogP contribution in [0.25, 0.3) is 0 Å². The average Bonchev–Trinajstić information content (AvgIpc) is 2.58. The first kappa shape index (κ1) is 15.8. The summed E-state index contributed by atoms with van der Waals surface area (Å²) in [6.07, 6.45) is 0. The van der Waals surface area contributed by atoms with Gasteiger partial charge < -0.3 is 14.0 Å². The lowest BCUT2D eigenvalue weighted by Crippen LogP contribution is -2.41. The highest BCUT2D eigenvalue weighted by Gasteiger charge is 2.52. The Morgan fingerprint density at radius 1 is 1.18 bits per heavy atom. The molecule has 0 N–H and O–H groups in total. The fraction of sp³-hybridized carbons (Fsp3) is 0.562. The van der Waals surface area contributed by atoms with E-state index in [1.807, 2.05) is 33.8 Å². The van der Waals surface area contributed by atoms with Crippen LogP contribution in [0.3, 0.4) is 0 Å². The molecule has 0 bridgehead atoms. The SMILES string of the molecule is CC1(C)OB(c2cc(C3COC3)c(Cl)cc2C#N)OC1(C)C. The summed E-state index contributed by atoms with van der Waals surface area (Å²) in [6.45, 7) is 9.31. The second-order valence-corrected chi connectivity index (χ2v) is 7.30. The van der Waals surface area contributed by atoms with Gasteiger partial charge in [-0.3, -0.25) is 0 Å². The second kappa shape index (κ2) is 5.24. The molecule has 0 unspecified atom stereocenters. The van der Waals surface area contributed by atoms with Gasteiger partial charge in [-0.05, 0) is 39.3 Å². The van der Waals surface area contributed by atoms with Gasteiger partial charge >= 0.3 is 7.12 Å². The third kappa shape index (κ3) is 2.45. The molecule has 1 aromatic rings. The monoisotopic (exact) mass is 319 g/mol. The molecule has 0 saturated carbocycles. The first-order valence-electron chi connectivity index (χ1n) is 7.42. The highest BCUT2D eigenvalue weighted by Crippen LogP contribution is 2.37. The molecule has 22 heavy (non-hydrogen) atoms. The summed E-state index contributed by atoms with van der Waals surface area (Å²) in [5.41, 5.74) is 1.35. The van der Waals surface area contributed by atoms with Crippen LogP contribution in [-0.4, -0.2) is 31.5 Å². The van der Waals surface area contributed by atoms with Crippen LogP contribution in [0.2, 0.25) is 5.02 Å². The molecule has 0 spiro atoms. The maximum Gasteiger partial charge on any atom is 0.496 e. The van der Waals surface area contributed by atoms with Crippen LogP contribution in [0.15, 0.2) is 12.1 Å². The Labute approximate surface area is 136 Å². The van der Waals surface area contributed by atoms with Crippen molar-refractivity contribution >= 4 is 24.2 Å². The zero-order chi connectivity index (χ0) is 16.1. The molecule has 2 aliphatic heterocycles. The van der Waals surface area contributed by atoms with Gasteiger partial charge in [0.15, 0.2) is 0 Å². The number of benzene rings is 1. The van der Waals surface area contributed by atoms with E-state index in [1.54, 1.807) is 6.07 Å². The molecule has 116 valence electrons. The van der Waals surface area contributed by atoms with Crippen molar-refractivity contribution in [1.29, 1.82) is 5.26 Å². The molecule has 4 nitrogen and oxygen atoms in total. The molecule has 2 aliphatic rings. The molecule has 2 saturated heterocycles. The molecular weight excluding hydrogens is 300 g/mol. The summed E-state index contributed by atoms with van der Waals surface area (Å²) in [5.74, 6) is 0.279. The molecule has 2 fully saturated rings. The smallest absolute Gasteiger partial charge is 0.399 e. The van der Waals surface area contributed by atoms with E-state index in [4.69, 9.17) is 25.6 Å². The van der Waals surface area contributed by atoms with Crippen molar-refractivity contribution in [2.45, 2.75) is 44.8 Å². The van der Waals surface area contributed by atoms with Gasteiger partial charge in [0.1, 0.15) is 0 Å². The Bertz CT molecular complexity index is 634. The van der Waals surface area contributed by atoms with E-state index in [2.05, 4.69) is 6.07 Å². The number of nitrogens with zero attached hydrogens (tertiary/aromatic N) is 1. The van der Waals surface area contributed by atoms with E-state index < -0.39 is 18.3 Å².